The third-order valence-corrected chi connectivity index (χ3v) is 4.49. The Morgan fingerprint density at radius 3 is 2.55 bits per heavy atom. The summed E-state index contributed by atoms with van der Waals surface area (Å²) in [6.07, 6.45) is 5.32. The van der Waals surface area contributed by atoms with E-state index in [9.17, 15) is 9.18 Å². The van der Waals surface area contributed by atoms with Gasteiger partial charge >= 0.3 is 0 Å². The molecule has 0 fully saturated rings. The van der Waals surface area contributed by atoms with Gasteiger partial charge in [0.05, 0.1) is 23.1 Å². The van der Waals surface area contributed by atoms with Gasteiger partial charge in [0.2, 0.25) is 0 Å². The summed E-state index contributed by atoms with van der Waals surface area (Å²) in [5, 5.41) is 15.0. The van der Waals surface area contributed by atoms with E-state index in [2.05, 4.69) is 25.6 Å². The van der Waals surface area contributed by atoms with Crippen LogP contribution in [0.4, 0.5) is 10.2 Å². The average molecular weight is 391 g/mol. The van der Waals surface area contributed by atoms with Crippen molar-refractivity contribution in [1.82, 2.24) is 29.5 Å². The Hall–Kier alpha value is -3.88. The van der Waals surface area contributed by atoms with E-state index in [-0.39, 0.29) is 11.7 Å². The summed E-state index contributed by atoms with van der Waals surface area (Å²) in [5.74, 6) is 0.462. The molecule has 3 aromatic heterocycles. The molecule has 4 aromatic rings. The molecule has 0 saturated heterocycles. The summed E-state index contributed by atoms with van der Waals surface area (Å²) in [6.45, 7) is 1.93. The summed E-state index contributed by atoms with van der Waals surface area (Å²) in [4.78, 5) is 17.1. The van der Waals surface area contributed by atoms with Crippen molar-refractivity contribution in [3.05, 3.63) is 72.2 Å². The number of hydrogen-bond acceptors (Lipinski definition) is 5. The number of carbonyl (C=O) groups excluding carboxylic acids is 1. The normalized spacial score (nSPS) is 10.9. The van der Waals surface area contributed by atoms with Crippen molar-refractivity contribution in [3.63, 3.8) is 0 Å². The molecule has 0 aliphatic carbocycles. The maximum atomic E-state index is 13.2. The fourth-order valence-electron chi connectivity index (χ4n) is 3.04. The van der Waals surface area contributed by atoms with Crippen LogP contribution >= 0.6 is 0 Å². The Morgan fingerprint density at radius 1 is 1.14 bits per heavy atom. The lowest BCUT2D eigenvalue weighted by Crippen LogP contribution is -2.15. The van der Waals surface area contributed by atoms with Crippen molar-refractivity contribution < 1.29 is 9.18 Å². The second-order valence-corrected chi connectivity index (χ2v) is 6.40. The van der Waals surface area contributed by atoms with Gasteiger partial charge in [0.25, 0.3) is 5.91 Å². The number of rotatable bonds is 5. The SMILES string of the molecule is CCc1c(C(=O)Nc2ccc(-c3nncn3C)cn2)cnn1-c1ccc(F)cc1. The number of carbonyl (C=O) groups is 1. The van der Waals surface area contributed by atoms with E-state index in [1.165, 1.54) is 18.3 Å². The lowest BCUT2D eigenvalue weighted by Gasteiger charge is -2.09. The van der Waals surface area contributed by atoms with Crippen molar-refractivity contribution in [2.75, 3.05) is 5.32 Å². The van der Waals surface area contributed by atoms with Gasteiger partial charge in [0.1, 0.15) is 18.0 Å². The summed E-state index contributed by atoms with van der Waals surface area (Å²) in [7, 11) is 1.84. The minimum Gasteiger partial charge on any atom is -0.317 e. The zero-order chi connectivity index (χ0) is 20.4. The number of nitrogens with zero attached hydrogens (tertiary/aromatic N) is 6. The van der Waals surface area contributed by atoms with Crippen LogP contribution in [0.2, 0.25) is 0 Å². The predicted octanol–water partition coefficient (Wildman–Crippen LogP) is 3.02. The highest BCUT2D eigenvalue weighted by atomic mass is 19.1. The van der Waals surface area contributed by atoms with E-state index in [1.807, 2.05) is 20.0 Å². The minimum absolute atomic E-state index is 0.311. The molecule has 0 saturated carbocycles. The number of benzene rings is 1. The van der Waals surface area contributed by atoms with Gasteiger partial charge in [0, 0.05) is 18.8 Å². The number of amides is 1. The number of anilines is 1. The summed E-state index contributed by atoms with van der Waals surface area (Å²) in [5.41, 5.74) is 2.65. The largest absolute Gasteiger partial charge is 0.317 e. The van der Waals surface area contributed by atoms with Crippen LogP contribution in [0, 0.1) is 5.82 Å². The van der Waals surface area contributed by atoms with Crippen molar-refractivity contribution in [2.24, 2.45) is 7.05 Å². The Labute approximate surface area is 166 Å². The van der Waals surface area contributed by atoms with E-state index in [0.29, 0.717) is 29.3 Å². The molecular weight excluding hydrogens is 373 g/mol. The maximum absolute atomic E-state index is 13.2. The van der Waals surface area contributed by atoms with Crippen LogP contribution in [0.1, 0.15) is 23.0 Å². The molecule has 0 atom stereocenters. The van der Waals surface area contributed by atoms with Crippen LogP contribution in [0.3, 0.4) is 0 Å². The molecule has 9 heteroatoms. The van der Waals surface area contributed by atoms with E-state index in [1.54, 1.807) is 40.0 Å². The van der Waals surface area contributed by atoms with Crippen LogP contribution in [0.5, 0.6) is 0 Å². The minimum atomic E-state index is -0.326. The van der Waals surface area contributed by atoms with Gasteiger partial charge in [-0.15, -0.1) is 10.2 Å². The van der Waals surface area contributed by atoms with Crippen molar-refractivity contribution >= 4 is 11.7 Å². The number of nitrogens with one attached hydrogen (secondary N) is 1. The van der Waals surface area contributed by atoms with Gasteiger partial charge in [-0.3, -0.25) is 4.79 Å². The number of aromatic nitrogens is 6. The zero-order valence-corrected chi connectivity index (χ0v) is 15.9. The first kappa shape index (κ1) is 18.5. The lowest BCUT2D eigenvalue weighted by atomic mass is 10.2. The third kappa shape index (κ3) is 3.62. The highest BCUT2D eigenvalue weighted by Gasteiger charge is 2.18. The zero-order valence-electron chi connectivity index (χ0n) is 15.9. The molecule has 3 heterocycles. The fraction of sp³-hybridized carbons (Fsp3) is 0.150. The van der Waals surface area contributed by atoms with E-state index < -0.39 is 0 Å². The quantitative estimate of drug-likeness (QED) is 0.565. The molecule has 0 aliphatic rings. The molecule has 0 bridgehead atoms. The van der Waals surface area contributed by atoms with E-state index in [4.69, 9.17) is 0 Å². The monoisotopic (exact) mass is 391 g/mol. The average Bonchev–Trinajstić information content (AvgIpc) is 3.35. The highest BCUT2D eigenvalue weighted by molar-refractivity contribution is 6.04. The Bertz CT molecular complexity index is 1150. The molecule has 0 spiro atoms. The predicted molar refractivity (Wildman–Crippen MR) is 105 cm³/mol. The van der Waals surface area contributed by atoms with Crippen LogP contribution in [0.25, 0.3) is 17.1 Å². The Kier molecular flexibility index (Phi) is 4.86. The standard InChI is InChI=1S/C20H18FN7O/c1-3-17-16(11-24-28(17)15-7-5-14(21)6-8-15)20(29)25-18-9-4-13(10-22-18)19-26-23-12-27(19)2/h4-12H,3H2,1-2H3,(H,22,25,29). The Balaban J connectivity index is 1.56. The summed E-state index contributed by atoms with van der Waals surface area (Å²) in [6, 6.07) is 9.48. The van der Waals surface area contributed by atoms with Gasteiger partial charge < -0.3 is 9.88 Å². The van der Waals surface area contributed by atoms with Crippen LogP contribution in [-0.4, -0.2) is 35.4 Å². The van der Waals surface area contributed by atoms with Crippen LogP contribution in [-0.2, 0) is 13.5 Å². The molecule has 1 aromatic carbocycles. The van der Waals surface area contributed by atoms with E-state index in [0.717, 1.165) is 11.3 Å². The molecule has 1 N–H and O–H groups in total. The number of hydrogen-bond donors (Lipinski definition) is 1. The highest BCUT2D eigenvalue weighted by Crippen LogP contribution is 2.19. The van der Waals surface area contributed by atoms with E-state index >= 15 is 0 Å². The first-order valence-corrected chi connectivity index (χ1v) is 9.01. The van der Waals surface area contributed by atoms with Gasteiger partial charge in [-0.25, -0.2) is 14.1 Å². The van der Waals surface area contributed by atoms with Crippen molar-refractivity contribution in [1.29, 1.82) is 0 Å². The molecule has 1 amide bonds. The second kappa shape index (κ2) is 7.63. The topological polar surface area (TPSA) is 90.5 Å². The van der Waals surface area contributed by atoms with Gasteiger partial charge in [0.15, 0.2) is 5.82 Å². The van der Waals surface area contributed by atoms with Gasteiger partial charge in [-0.2, -0.15) is 5.10 Å². The summed E-state index contributed by atoms with van der Waals surface area (Å²) < 4.78 is 16.6. The van der Waals surface area contributed by atoms with Crippen molar-refractivity contribution in [2.45, 2.75) is 13.3 Å². The van der Waals surface area contributed by atoms with Crippen LogP contribution < -0.4 is 5.32 Å². The molecular formula is C20H18FN7O. The van der Waals surface area contributed by atoms with Gasteiger partial charge in [-0.1, -0.05) is 6.92 Å². The Morgan fingerprint density at radius 2 is 1.93 bits per heavy atom. The molecule has 4 rings (SSSR count). The lowest BCUT2D eigenvalue weighted by molar-refractivity contribution is 0.102. The number of pyridine rings is 1. The molecule has 29 heavy (non-hydrogen) atoms. The maximum Gasteiger partial charge on any atom is 0.260 e. The molecule has 0 aliphatic heterocycles. The molecule has 0 radical (unpaired) electrons. The first-order valence-electron chi connectivity index (χ1n) is 9.01. The molecule has 8 nitrogen and oxygen atoms in total. The molecule has 146 valence electrons. The number of aryl methyl sites for hydroxylation is 1. The second-order valence-electron chi connectivity index (χ2n) is 6.40. The van der Waals surface area contributed by atoms with Gasteiger partial charge in [-0.05, 0) is 42.8 Å². The fourth-order valence-corrected chi connectivity index (χ4v) is 3.04. The third-order valence-electron chi connectivity index (χ3n) is 4.49. The summed E-state index contributed by atoms with van der Waals surface area (Å²) >= 11 is 0. The van der Waals surface area contributed by atoms with Crippen LogP contribution in [0.15, 0.2) is 55.1 Å². The molecule has 0 unspecified atom stereocenters. The number of halogens is 1. The first-order chi connectivity index (χ1) is 14.1. The smallest absolute Gasteiger partial charge is 0.260 e. The van der Waals surface area contributed by atoms with Crippen molar-refractivity contribution in [3.8, 4) is 17.1 Å².